The van der Waals surface area contributed by atoms with Crippen molar-refractivity contribution in [3.8, 4) is 28.5 Å². The number of carbonyl (C=O) groups excluding carboxylic acids is 1. The third kappa shape index (κ3) is 4.31. The molecule has 1 amide bonds. The van der Waals surface area contributed by atoms with Crippen LogP contribution in [-0.2, 0) is 4.79 Å². The number of aromatic nitrogens is 9. The van der Waals surface area contributed by atoms with Gasteiger partial charge in [0.1, 0.15) is 11.0 Å². The van der Waals surface area contributed by atoms with Gasteiger partial charge in [-0.1, -0.05) is 19.3 Å². The molecule has 1 fully saturated rings. The summed E-state index contributed by atoms with van der Waals surface area (Å²) < 4.78 is 1.94. The van der Waals surface area contributed by atoms with Crippen LogP contribution in [0.15, 0.2) is 55.4 Å². The van der Waals surface area contributed by atoms with Gasteiger partial charge in [0.05, 0.1) is 40.8 Å². The monoisotopic (exact) mass is 518 g/mol. The van der Waals surface area contributed by atoms with Gasteiger partial charge in [-0.05, 0) is 44.0 Å². The first-order valence-corrected chi connectivity index (χ1v) is 13.1. The Morgan fingerprint density at radius 3 is 2.82 bits per heavy atom. The van der Waals surface area contributed by atoms with Gasteiger partial charge in [-0.15, -0.1) is 0 Å². The van der Waals surface area contributed by atoms with Gasteiger partial charge in [0.15, 0.2) is 17.2 Å². The van der Waals surface area contributed by atoms with E-state index in [0.29, 0.717) is 28.4 Å². The fourth-order valence-electron chi connectivity index (χ4n) is 5.26. The standard InChI is InChI=1S/C28H26N10O/c1-16-14-38(15-31-16)22-9-10-30-26-24(22)34-27(35-26)25-23-21(36-37-25)8-7-20(33-23)18-11-19(13-29-12-18)32-28(39)17-5-3-2-4-6-17/h7-15,17H,2-6H2,1H3,(H,32,39)(H,36,37)(H,30,34,35). The van der Waals surface area contributed by atoms with Crippen LogP contribution in [0.2, 0.25) is 0 Å². The topological polar surface area (TPSA) is 143 Å². The molecule has 1 saturated carbocycles. The lowest BCUT2D eigenvalue weighted by Gasteiger charge is -2.20. The Bertz CT molecular complexity index is 1820. The number of carbonyl (C=O) groups is 1. The van der Waals surface area contributed by atoms with Crippen molar-refractivity contribution in [3.05, 3.63) is 61.1 Å². The summed E-state index contributed by atoms with van der Waals surface area (Å²) in [6, 6.07) is 7.67. The molecule has 11 nitrogen and oxygen atoms in total. The van der Waals surface area contributed by atoms with E-state index in [1.165, 1.54) is 6.42 Å². The largest absolute Gasteiger partial charge is 0.333 e. The zero-order valence-electron chi connectivity index (χ0n) is 21.3. The highest BCUT2D eigenvalue weighted by Crippen LogP contribution is 2.30. The van der Waals surface area contributed by atoms with Crippen LogP contribution >= 0.6 is 0 Å². The van der Waals surface area contributed by atoms with E-state index >= 15 is 0 Å². The van der Waals surface area contributed by atoms with E-state index in [9.17, 15) is 4.79 Å². The van der Waals surface area contributed by atoms with E-state index in [4.69, 9.17) is 9.97 Å². The van der Waals surface area contributed by atoms with Gasteiger partial charge < -0.3 is 14.9 Å². The summed E-state index contributed by atoms with van der Waals surface area (Å²) in [5.74, 6) is 0.698. The summed E-state index contributed by atoms with van der Waals surface area (Å²) in [4.78, 5) is 38.9. The normalized spacial score (nSPS) is 14.3. The Morgan fingerprint density at radius 1 is 1.08 bits per heavy atom. The van der Waals surface area contributed by atoms with Gasteiger partial charge in [-0.3, -0.25) is 14.9 Å². The van der Waals surface area contributed by atoms with Crippen molar-refractivity contribution in [2.24, 2.45) is 5.92 Å². The fraction of sp³-hybridized carbons (Fsp3) is 0.250. The number of imidazole rings is 2. The number of H-pyrrole nitrogens is 2. The number of anilines is 1. The van der Waals surface area contributed by atoms with Gasteiger partial charge in [0, 0.05) is 30.1 Å². The van der Waals surface area contributed by atoms with Crippen LogP contribution in [0.5, 0.6) is 0 Å². The second-order valence-corrected chi connectivity index (χ2v) is 9.99. The van der Waals surface area contributed by atoms with Crippen molar-refractivity contribution in [1.82, 2.24) is 44.7 Å². The minimum absolute atomic E-state index is 0.0675. The highest BCUT2D eigenvalue weighted by molar-refractivity contribution is 5.94. The highest BCUT2D eigenvalue weighted by Gasteiger charge is 2.22. The van der Waals surface area contributed by atoms with Gasteiger partial charge in [-0.2, -0.15) is 5.10 Å². The zero-order chi connectivity index (χ0) is 26.3. The van der Waals surface area contributed by atoms with E-state index < -0.39 is 0 Å². The summed E-state index contributed by atoms with van der Waals surface area (Å²) in [6.45, 7) is 1.95. The van der Waals surface area contributed by atoms with Gasteiger partial charge >= 0.3 is 0 Å². The molecular formula is C28H26N10O. The Labute approximate surface area is 223 Å². The average Bonchev–Trinajstić information content (AvgIpc) is 3.71. The van der Waals surface area contributed by atoms with E-state index in [-0.39, 0.29) is 11.8 Å². The second-order valence-electron chi connectivity index (χ2n) is 9.99. The Kier molecular flexibility index (Phi) is 5.61. The minimum Gasteiger partial charge on any atom is -0.333 e. The Hall–Kier alpha value is -4.93. The quantitative estimate of drug-likeness (QED) is 0.292. The molecule has 0 spiro atoms. The molecule has 0 bridgehead atoms. The van der Waals surface area contributed by atoms with Crippen LogP contribution < -0.4 is 5.32 Å². The first-order valence-electron chi connectivity index (χ1n) is 13.1. The molecule has 0 unspecified atom stereocenters. The molecular weight excluding hydrogens is 492 g/mol. The van der Waals surface area contributed by atoms with Crippen molar-refractivity contribution >= 4 is 33.8 Å². The molecule has 0 saturated heterocycles. The molecule has 194 valence electrons. The molecule has 6 heterocycles. The first-order chi connectivity index (χ1) is 19.1. The lowest BCUT2D eigenvalue weighted by atomic mass is 9.88. The molecule has 6 aromatic heterocycles. The van der Waals surface area contributed by atoms with Gasteiger partial charge in [0.25, 0.3) is 0 Å². The number of rotatable bonds is 5. The lowest BCUT2D eigenvalue weighted by molar-refractivity contribution is -0.120. The maximum Gasteiger partial charge on any atom is 0.227 e. The summed E-state index contributed by atoms with van der Waals surface area (Å²) in [7, 11) is 0. The first kappa shape index (κ1) is 23.2. The molecule has 0 aliphatic heterocycles. The molecule has 0 aromatic carbocycles. The van der Waals surface area contributed by atoms with Crippen molar-refractivity contribution in [2.45, 2.75) is 39.0 Å². The SMILES string of the molecule is Cc1cn(-c2ccnc3nc(-c4n[nH]c5ccc(-c6cncc(NC(=O)C7CCCCC7)c6)nc45)[nH]c23)cn1. The number of hydrogen-bond donors (Lipinski definition) is 3. The number of nitrogens with zero attached hydrogens (tertiary/aromatic N) is 7. The van der Waals surface area contributed by atoms with Crippen LogP contribution in [0.4, 0.5) is 5.69 Å². The van der Waals surface area contributed by atoms with Crippen molar-refractivity contribution < 1.29 is 4.79 Å². The summed E-state index contributed by atoms with van der Waals surface area (Å²) in [5, 5.41) is 10.6. The van der Waals surface area contributed by atoms with Crippen LogP contribution in [0.1, 0.15) is 37.8 Å². The van der Waals surface area contributed by atoms with Gasteiger partial charge in [0.2, 0.25) is 5.91 Å². The third-order valence-electron chi connectivity index (χ3n) is 7.27. The maximum absolute atomic E-state index is 12.8. The number of nitrogens with one attached hydrogen (secondary N) is 3. The van der Waals surface area contributed by atoms with Crippen LogP contribution in [0.3, 0.4) is 0 Å². The Balaban J connectivity index is 1.22. The molecule has 7 rings (SSSR count). The minimum atomic E-state index is 0.0675. The zero-order valence-corrected chi connectivity index (χ0v) is 21.3. The van der Waals surface area contributed by atoms with Crippen molar-refractivity contribution in [1.29, 1.82) is 0 Å². The number of aromatic amines is 2. The second kappa shape index (κ2) is 9.43. The molecule has 39 heavy (non-hydrogen) atoms. The third-order valence-corrected chi connectivity index (χ3v) is 7.27. The molecule has 1 aliphatic carbocycles. The van der Waals surface area contributed by atoms with E-state index in [0.717, 1.165) is 59.4 Å². The van der Waals surface area contributed by atoms with Crippen molar-refractivity contribution in [3.63, 3.8) is 0 Å². The average molecular weight is 519 g/mol. The molecule has 0 radical (unpaired) electrons. The number of amides is 1. The van der Waals surface area contributed by atoms with E-state index in [1.807, 2.05) is 42.0 Å². The number of hydrogen-bond acceptors (Lipinski definition) is 7. The van der Waals surface area contributed by atoms with Gasteiger partial charge in [-0.25, -0.2) is 19.9 Å². The summed E-state index contributed by atoms with van der Waals surface area (Å²) in [5.41, 5.74) is 7.40. The van der Waals surface area contributed by atoms with Crippen LogP contribution in [-0.4, -0.2) is 50.6 Å². The number of fused-ring (bicyclic) bond motifs is 2. The maximum atomic E-state index is 12.8. The molecule has 1 aliphatic rings. The molecule has 11 heteroatoms. The Morgan fingerprint density at radius 2 is 1.97 bits per heavy atom. The summed E-state index contributed by atoms with van der Waals surface area (Å²) in [6.07, 6.45) is 14.2. The van der Waals surface area contributed by atoms with E-state index in [2.05, 4.69) is 35.5 Å². The summed E-state index contributed by atoms with van der Waals surface area (Å²) >= 11 is 0. The fourth-order valence-corrected chi connectivity index (χ4v) is 5.26. The lowest BCUT2D eigenvalue weighted by Crippen LogP contribution is -2.24. The highest BCUT2D eigenvalue weighted by atomic mass is 16.1. The molecule has 6 aromatic rings. The van der Waals surface area contributed by atoms with Crippen LogP contribution in [0, 0.1) is 12.8 Å². The van der Waals surface area contributed by atoms with E-state index in [1.54, 1.807) is 24.9 Å². The smallest absolute Gasteiger partial charge is 0.227 e. The number of aryl methyl sites for hydroxylation is 1. The van der Waals surface area contributed by atoms with Crippen molar-refractivity contribution in [2.75, 3.05) is 5.32 Å². The molecule has 3 N–H and O–H groups in total. The van der Waals surface area contributed by atoms with Crippen LogP contribution in [0.25, 0.3) is 50.7 Å². The molecule has 0 atom stereocenters. The number of pyridine rings is 3. The predicted molar refractivity (Wildman–Crippen MR) is 147 cm³/mol. The predicted octanol–water partition coefficient (Wildman–Crippen LogP) is 4.97.